The van der Waals surface area contributed by atoms with Crippen molar-refractivity contribution in [3.8, 4) is 5.75 Å². The second-order valence-corrected chi connectivity index (χ2v) is 4.72. The number of aliphatic carboxylic acids is 1. The quantitative estimate of drug-likeness (QED) is 0.733. The smallest absolute Gasteiger partial charge is 0.304 e. The fraction of sp³-hybridized carbons (Fsp3) is 0.500. The van der Waals surface area contributed by atoms with E-state index in [1.807, 2.05) is 31.3 Å². The normalized spacial score (nSPS) is 12.4. The molecule has 0 aliphatic carbocycles. The molecule has 0 spiro atoms. The van der Waals surface area contributed by atoms with Crippen molar-refractivity contribution in [2.45, 2.75) is 18.9 Å². The SMILES string of the molecule is COc1ccc(CCN(C)CC(N)CC(=O)O)cc1. The molecule has 0 radical (unpaired) electrons. The third-order valence-electron chi connectivity index (χ3n) is 2.92. The number of nitrogens with zero attached hydrogens (tertiary/aromatic N) is 1. The fourth-order valence-corrected chi connectivity index (χ4v) is 1.89. The van der Waals surface area contributed by atoms with E-state index in [1.165, 1.54) is 5.56 Å². The summed E-state index contributed by atoms with van der Waals surface area (Å²) in [4.78, 5) is 12.6. The molecule has 1 aromatic carbocycles. The van der Waals surface area contributed by atoms with Crippen LogP contribution < -0.4 is 10.5 Å². The first kappa shape index (κ1) is 15.5. The van der Waals surface area contributed by atoms with Crippen molar-refractivity contribution < 1.29 is 14.6 Å². The van der Waals surface area contributed by atoms with Gasteiger partial charge in [0.1, 0.15) is 5.75 Å². The van der Waals surface area contributed by atoms with Crippen LogP contribution in [-0.4, -0.2) is 49.3 Å². The Morgan fingerprint density at radius 3 is 2.58 bits per heavy atom. The highest BCUT2D eigenvalue weighted by Crippen LogP contribution is 2.11. The molecule has 1 rings (SSSR count). The molecule has 1 atom stereocenters. The Hall–Kier alpha value is -1.59. The van der Waals surface area contributed by atoms with E-state index in [4.69, 9.17) is 15.6 Å². The highest BCUT2D eigenvalue weighted by Gasteiger charge is 2.10. The minimum Gasteiger partial charge on any atom is -0.497 e. The zero-order valence-corrected chi connectivity index (χ0v) is 11.5. The maximum Gasteiger partial charge on any atom is 0.304 e. The lowest BCUT2D eigenvalue weighted by Crippen LogP contribution is -2.37. The van der Waals surface area contributed by atoms with E-state index in [0.29, 0.717) is 6.54 Å². The van der Waals surface area contributed by atoms with Gasteiger partial charge in [-0.25, -0.2) is 0 Å². The number of ether oxygens (including phenoxy) is 1. The Morgan fingerprint density at radius 2 is 2.05 bits per heavy atom. The van der Waals surface area contributed by atoms with Gasteiger partial charge in [-0.1, -0.05) is 12.1 Å². The number of benzene rings is 1. The molecule has 19 heavy (non-hydrogen) atoms. The Kier molecular flexibility index (Phi) is 6.32. The topological polar surface area (TPSA) is 75.8 Å². The van der Waals surface area contributed by atoms with E-state index in [0.717, 1.165) is 18.7 Å². The molecular weight excluding hydrogens is 244 g/mol. The van der Waals surface area contributed by atoms with Crippen LogP contribution in [-0.2, 0) is 11.2 Å². The summed E-state index contributed by atoms with van der Waals surface area (Å²) in [6.45, 7) is 1.43. The van der Waals surface area contributed by atoms with Crippen LogP contribution in [0.4, 0.5) is 0 Å². The van der Waals surface area contributed by atoms with Crippen molar-refractivity contribution in [3.63, 3.8) is 0 Å². The van der Waals surface area contributed by atoms with E-state index < -0.39 is 5.97 Å². The van der Waals surface area contributed by atoms with Gasteiger partial charge in [-0.15, -0.1) is 0 Å². The van der Waals surface area contributed by atoms with E-state index in [2.05, 4.69) is 4.90 Å². The van der Waals surface area contributed by atoms with Gasteiger partial charge in [0.25, 0.3) is 0 Å². The van der Waals surface area contributed by atoms with Crippen LogP contribution in [0.25, 0.3) is 0 Å². The largest absolute Gasteiger partial charge is 0.497 e. The van der Waals surface area contributed by atoms with Gasteiger partial charge in [-0.05, 0) is 31.2 Å². The average Bonchev–Trinajstić information content (AvgIpc) is 2.36. The van der Waals surface area contributed by atoms with Crippen molar-refractivity contribution >= 4 is 5.97 Å². The summed E-state index contributed by atoms with van der Waals surface area (Å²) >= 11 is 0. The van der Waals surface area contributed by atoms with Gasteiger partial charge in [0.15, 0.2) is 0 Å². The lowest BCUT2D eigenvalue weighted by Gasteiger charge is -2.20. The highest BCUT2D eigenvalue weighted by molar-refractivity contribution is 5.67. The molecule has 1 aromatic rings. The maximum absolute atomic E-state index is 10.5. The Balaban J connectivity index is 2.32. The van der Waals surface area contributed by atoms with Crippen LogP contribution in [0.3, 0.4) is 0 Å². The van der Waals surface area contributed by atoms with Gasteiger partial charge in [-0.3, -0.25) is 4.79 Å². The predicted molar refractivity (Wildman–Crippen MR) is 74.4 cm³/mol. The molecule has 0 aromatic heterocycles. The molecule has 0 aliphatic rings. The summed E-state index contributed by atoms with van der Waals surface area (Å²) in [6, 6.07) is 7.61. The predicted octanol–water partition coefficient (Wildman–Crippen LogP) is 0.972. The molecule has 0 fully saturated rings. The van der Waals surface area contributed by atoms with Crippen molar-refractivity contribution in [1.82, 2.24) is 4.90 Å². The molecular formula is C14H22N2O3. The zero-order valence-electron chi connectivity index (χ0n) is 11.5. The second kappa shape index (κ2) is 7.76. The molecule has 3 N–H and O–H groups in total. The summed E-state index contributed by atoms with van der Waals surface area (Å²) in [5.41, 5.74) is 6.97. The minimum absolute atomic E-state index is 0.00682. The minimum atomic E-state index is -0.851. The summed E-state index contributed by atoms with van der Waals surface area (Å²) in [6.07, 6.45) is 0.910. The number of nitrogens with two attached hydrogens (primary N) is 1. The zero-order chi connectivity index (χ0) is 14.3. The fourth-order valence-electron chi connectivity index (χ4n) is 1.89. The van der Waals surface area contributed by atoms with Gasteiger partial charge >= 0.3 is 5.97 Å². The number of methoxy groups -OCH3 is 1. The van der Waals surface area contributed by atoms with Crippen LogP contribution in [0.15, 0.2) is 24.3 Å². The van der Waals surface area contributed by atoms with Crippen molar-refractivity contribution in [3.05, 3.63) is 29.8 Å². The number of hydrogen-bond donors (Lipinski definition) is 2. The molecule has 5 heteroatoms. The number of carboxylic acids is 1. The molecule has 106 valence electrons. The van der Waals surface area contributed by atoms with E-state index in [9.17, 15) is 4.79 Å². The summed E-state index contributed by atoms with van der Waals surface area (Å²) in [5, 5.41) is 8.64. The molecule has 0 saturated heterocycles. The summed E-state index contributed by atoms with van der Waals surface area (Å²) in [7, 11) is 3.60. The third kappa shape index (κ3) is 6.22. The summed E-state index contributed by atoms with van der Waals surface area (Å²) in [5.74, 6) is -0.00311. The van der Waals surface area contributed by atoms with Crippen molar-refractivity contribution in [1.29, 1.82) is 0 Å². The molecule has 0 amide bonds. The van der Waals surface area contributed by atoms with Gasteiger partial charge in [0, 0.05) is 19.1 Å². The van der Waals surface area contributed by atoms with Gasteiger partial charge < -0.3 is 20.5 Å². The second-order valence-electron chi connectivity index (χ2n) is 4.72. The Labute approximate surface area is 114 Å². The molecule has 0 bridgehead atoms. The number of likely N-dealkylation sites (N-methyl/N-ethyl adjacent to an activating group) is 1. The van der Waals surface area contributed by atoms with Crippen LogP contribution in [0, 0.1) is 0 Å². The lowest BCUT2D eigenvalue weighted by atomic mass is 10.1. The molecule has 0 aliphatic heterocycles. The number of rotatable bonds is 8. The van der Waals surface area contributed by atoms with Crippen LogP contribution >= 0.6 is 0 Å². The Morgan fingerprint density at radius 1 is 1.42 bits per heavy atom. The first-order chi connectivity index (χ1) is 9.01. The first-order valence-electron chi connectivity index (χ1n) is 6.30. The lowest BCUT2D eigenvalue weighted by molar-refractivity contribution is -0.137. The standard InChI is InChI=1S/C14H22N2O3/c1-16(10-12(15)9-14(17)18)8-7-11-3-5-13(19-2)6-4-11/h3-6,12H,7-10,15H2,1-2H3,(H,17,18). The molecule has 5 nitrogen and oxygen atoms in total. The first-order valence-corrected chi connectivity index (χ1v) is 6.30. The van der Waals surface area contributed by atoms with Crippen LogP contribution in [0.2, 0.25) is 0 Å². The Bertz CT molecular complexity index is 392. The van der Waals surface area contributed by atoms with Crippen molar-refractivity contribution in [2.24, 2.45) is 5.73 Å². The van der Waals surface area contributed by atoms with E-state index in [-0.39, 0.29) is 12.5 Å². The van der Waals surface area contributed by atoms with Gasteiger partial charge in [-0.2, -0.15) is 0 Å². The highest BCUT2D eigenvalue weighted by atomic mass is 16.5. The van der Waals surface area contributed by atoms with Gasteiger partial charge in [0.05, 0.1) is 13.5 Å². The number of carbonyl (C=O) groups is 1. The van der Waals surface area contributed by atoms with Crippen molar-refractivity contribution in [2.75, 3.05) is 27.2 Å². The number of carboxylic acid groups (broad SMARTS) is 1. The number of hydrogen-bond acceptors (Lipinski definition) is 4. The molecule has 0 heterocycles. The van der Waals surface area contributed by atoms with E-state index >= 15 is 0 Å². The monoisotopic (exact) mass is 266 g/mol. The summed E-state index contributed by atoms with van der Waals surface area (Å²) < 4.78 is 5.10. The van der Waals surface area contributed by atoms with E-state index in [1.54, 1.807) is 7.11 Å². The van der Waals surface area contributed by atoms with Crippen LogP contribution in [0.1, 0.15) is 12.0 Å². The molecule has 0 saturated carbocycles. The van der Waals surface area contributed by atoms with Gasteiger partial charge in [0.2, 0.25) is 0 Å². The molecule has 1 unspecified atom stereocenters. The van der Waals surface area contributed by atoms with Crippen LogP contribution in [0.5, 0.6) is 5.75 Å². The third-order valence-corrected chi connectivity index (χ3v) is 2.92. The maximum atomic E-state index is 10.5. The average molecular weight is 266 g/mol.